The summed E-state index contributed by atoms with van der Waals surface area (Å²) in [5.41, 5.74) is 2.06. The van der Waals surface area contributed by atoms with E-state index in [1.54, 1.807) is 30.3 Å². The molecule has 1 heterocycles. The molecule has 14 heteroatoms. The van der Waals surface area contributed by atoms with Crippen molar-refractivity contribution < 1.29 is 27.9 Å². The van der Waals surface area contributed by atoms with Crippen LogP contribution in [0, 0.1) is 6.92 Å². The molecule has 0 aliphatic heterocycles. The lowest BCUT2D eigenvalue weighted by Gasteiger charge is -2.24. The lowest BCUT2D eigenvalue weighted by molar-refractivity contribution is -0.110. The van der Waals surface area contributed by atoms with Crippen LogP contribution in [0.2, 0.25) is 0 Å². The van der Waals surface area contributed by atoms with Crippen molar-refractivity contribution in [3.63, 3.8) is 0 Å². The largest absolute Gasteiger partial charge is 0.495 e. The van der Waals surface area contributed by atoms with Crippen LogP contribution < -0.4 is 25.2 Å². The molecule has 0 atom stereocenters. The highest BCUT2D eigenvalue weighted by molar-refractivity contribution is 7.88. The second-order valence-electron chi connectivity index (χ2n) is 13.9. The number of rotatable bonds is 23. The molecule has 302 valence electrons. The number of aliphatic imine (C=N–C) groups is 1. The first kappa shape index (κ1) is 43.6. The number of carboxylic acids is 1. The number of anilines is 2. The second kappa shape index (κ2) is 21.3. The van der Waals surface area contributed by atoms with Crippen molar-refractivity contribution in [1.29, 1.82) is 0 Å². The maximum Gasteiger partial charge on any atom is 0.335 e. The zero-order valence-electron chi connectivity index (χ0n) is 33.3. The third kappa shape index (κ3) is 12.5. The number of fused-ring (bicyclic) bond motifs is 1. The number of carboxylic acid groups (broad SMARTS) is 1. The monoisotopic (exact) mass is 788 g/mol. The molecule has 0 aliphatic rings. The number of aromatic nitrogens is 2. The summed E-state index contributed by atoms with van der Waals surface area (Å²) in [7, 11) is -1.84. The molecule has 56 heavy (non-hydrogen) atoms. The first-order valence-electron chi connectivity index (χ1n) is 19.5. The maximum absolute atomic E-state index is 14.4. The van der Waals surface area contributed by atoms with Gasteiger partial charge in [-0.1, -0.05) is 76.8 Å². The fourth-order valence-corrected chi connectivity index (χ4v) is 7.01. The molecule has 4 aromatic rings. The van der Waals surface area contributed by atoms with Gasteiger partial charge in [-0.3, -0.25) is 14.2 Å². The van der Waals surface area contributed by atoms with Gasteiger partial charge in [0.05, 0.1) is 41.2 Å². The minimum absolute atomic E-state index is 0.0404. The van der Waals surface area contributed by atoms with Crippen molar-refractivity contribution >= 4 is 55.6 Å². The molecule has 4 rings (SSSR count). The van der Waals surface area contributed by atoms with E-state index in [0.717, 1.165) is 43.2 Å². The van der Waals surface area contributed by atoms with Gasteiger partial charge in [0.2, 0.25) is 10.0 Å². The average Bonchev–Trinajstić information content (AvgIpc) is 3.17. The van der Waals surface area contributed by atoms with Crippen LogP contribution >= 0.6 is 0 Å². The van der Waals surface area contributed by atoms with Crippen molar-refractivity contribution in [2.45, 2.75) is 91.5 Å². The van der Waals surface area contributed by atoms with Crippen LogP contribution in [0.25, 0.3) is 10.9 Å². The molecule has 0 fully saturated rings. The fraction of sp³-hybridized carbons (Fsp3) is 0.452. The summed E-state index contributed by atoms with van der Waals surface area (Å²) >= 11 is 0. The highest BCUT2D eigenvalue weighted by Crippen LogP contribution is 2.28. The van der Waals surface area contributed by atoms with Crippen LogP contribution in [0.5, 0.6) is 5.75 Å². The Balaban J connectivity index is 1.77. The van der Waals surface area contributed by atoms with E-state index in [4.69, 9.17) is 14.7 Å². The fourth-order valence-electron chi connectivity index (χ4n) is 6.55. The summed E-state index contributed by atoms with van der Waals surface area (Å²) in [5.74, 6) is -1.30. The number of benzene rings is 3. The van der Waals surface area contributed by atoms with Crippen LogP contribution in [0.3, 0.4) is 0 Å². The Morgan fingerprint density at radius 1 is 0.929 bits per heavy atom. The van der Waals surface area contributed by atoms with Crippen LogP contribution in [0.1, 0.15) is 99.8 Å². The standard InChI is InChI=1S/C42H56N6O7S/c1-6-8-9-10-11-12-13-14-15-18-26-48-39(45-35-23-21-31(42(51)52)29-33(35)41(48)50)38(40(49)46-36-19-16-17-20-37(36)55-4)44-34-24-22-32(28-30(34)3)47(7-2)27-25-43-56(5,53)54/h16-17,19-24,28-29,43H,6-15,18,25-27H2,1-5H3,(H,46,49)(H,51,52). The number of carbonyl (C=O) groups excluding carboxylic acids is 1. The highest BCUT2D eigenvalue weighted by atomic mass is 32.2. The van der Waals surface area contributed by atoms with Gasteiger partial charge in [0.25, 0.3) is 11.5 Å². The number of likely N-dealkylation sites (N-methyl/N-ethyl adjacent to an activating group) is 1. The van der Waals surface area contributed by atoms with Crippen molar-refractivity contribution in [2.75, 3.05) is 43.2 Å². The lowest BCUT2D eigenvalue weighted by atomic mass is 10.1. The Kier molecular flexibility index (Phi) is 16.6. The smallest absolute Gasteiger partial charge is 0.335 e. The third-order valence-electron chi connectivity index (χ3n) is 9.62. The SMILES string of the molecule is CCCCCCCCCCCCn1c(C(=Nc2ccc(N(CC)CCNS(C)(=O)=O)cc2C)C(=O)Nc2ccccc2OC)nc2ccc(C(=O)O)cc2c1=O. The van der Waals surface area contributed by atoms with Gasteiger partial charge in [0, 0.05) is 31.9 Å². The molecule has 0 unspecified atom stereocenters. The van der Waals surface area contributed by atoms with E-state index in [9.17, 15) is 27.9 Å². The van der Waals surface area contributed by atoms with Gasteiger partial charge >= 0.3 is 5.97 Å². The minimum atomic E-state index is -3.34. The van der Waals surface area contributed by atoms with Crippen molar-refractivity contribution in [3.05, 3.63) is 88.0 Å². The molecule has 0 saturated heterocycles. The number of aromatic carboxylic acids is 1. The van der Waals surface area contributed by atoms with Crippen LogP contribution in [0.4, 0.5) is 17.1 Å². The van der Waals surface area contributed by atoms with Crippen LogP contribution in [-0.4, -0.2) is 73.7 Å². The summed E-state index contributed by atoms with van der Waals surface area (Å²) in [6, 6.07) is 16.7. The Labute approximate surface area is 330 Å². The Morgan fingerprint density at radius 3 is 2.23 bits per heavy atom. The molecular formula is C42H56N6O7S. The van der Waals surface area contributed by atoms with E-state index >= 15 is 0 Å². The third-order valence-corrected chi connectivity index (χ3v) is 10.4. The minimum Gasteiger partial charge on any atom is -0.495 e. The number of unbranched alkanes of at least 4 members (excludes halogenated alkanes) is 9. The van der Waals surface area contributed by atoms with E-state index in [1.807, 2.05) is 30.9 Å². The van der Waals surface area contributed by atoms with Gasteiger partial charge in [0.1, 0.15) is 5.75 Å². The van der Waals surface area contributed by atoms with Crippen molar-refractivity contribution in [1.82, 2.24) is 14.3 Å². The molecule has 1 aromatic heterocycles. The first-order valence-corrected chi connectivity index (χ1v) is 21.4. The van der Waals surface area contributed by atoms with Gasteiger partial charge in [-0.2, -0.15) is 0 Å². The Morgan fingerprint density at radius 2 is 1.61 bits per heavy atom. The topological polar surface area (TPSA) is 172 Å². The highest BCUT2D eigenvalue weighted by Gasteiger charge is 2.24. The first-order chi connectivity index (χ1) is 26.9. The lowest BCUT2D eigenvalue weighted by Crippen LogP contribution is -2.34. The zero-order chi connectivity index (χ0) is 40.7. The summed E-state index contributed by atoms with van der Waals surface area (Å²) in [4.78, 5) is 52.3. The number of aryl methyl sites for hydroxylation is 1. The molecule has 0 bridgehead atoms. The maximum atomic E-state index is 14.4. The Hall–Kier alpha value is -5.08. The van der Waals surface area contributed by atoms with Gasteiger partial charge < -0.3 is 20.1 Å². The van der Waals surface area contributed by atoms with Gasteiger partial charge in [-0.05, 0) is 74.4 Å². The molecule has 1 amide bonds. The molecule has 0 aliphatic carbocycles. The second-order valence-corrected chi connectivity index (χ2v) is 15.8. The summed E-state index contributed by atoms with van der Waals surface area (Å²) in [6.07, 6.45) is 12.1. The number of methoxy groups -OCH3 is 1. The number of nitrogens with one attached hydrogen (secondary N) is 2. The summed E-state index contributed by atoms with van der Waals surface area (Å²) < 4.78 is 32.7. The van der Waals surface area contributed by atoms with Crippen molar-refractivity contribution in [3.8, 4) is 5.75 Å². The summed E-state index contributed by atoms with van der Waals surface area (Å²) in [6.45, 7) is 7.58. The number of sulfonamides is 1. The van der Waals surface area contributed by atoms with E-state index in [2.05, 4.69) is 17.0 Å². The molecule has 0 spiro atoms. The van der Waals surface area contributed by atoms with E-state index in [0.29, 0.717) is 36.6 Å². The predicted molar refractivity (Wildman–Crippen MR) is 225 cm³/mol. The number of ether oxygens (including phenoxy) is 1. The van der Waals surface area contributed by atoms with Gasteiger partial charge in [-0.15, -0.1) is 0 Å². The van der Waals surface area contributed by atoms with Crippen LogP contribution in [-0.2, 0) is 21.4 Å². The average molecular weight is 789 g/mol. The molecule has 0 radical (unpaired) electrons. The van der Waals surface area contributed by atoms with Crippen molar-refractivity contribution in [2.24, 2.45) is 4.99 Å². The molecule has 3 aromatic carbocycles. The molecule has 13 nitrogen and oxygen atoms in total. The number of amides is 1. The van der Waals surface area contributed by atoms with Crippen LogP contribution in [0.15, 0.2) is 70.5 Å². The molecule has 0 saturated carbocycles. The van der Waals surface area contributed by atoms with E-state index in [1.165, 1.54) is 62.0 Å². The molecule has 3 N–H and O–H groups in total. The number of carbonyl (C=O) groups is 2. The summed E-state index contributed by atoms with van der Waals surface area (Å²) in [5, 5.41) is 12.7. The number of hydrogen-bond acceptors (Lipinski definition) is 9. The van der Waals surface area contributed by atoms with E-state index < -0.39 is 27.5 Å². The number of hydrogen-bond donors (Lipinski definition) is 3. The zero-order valence-corrected chi connectivity index (χ0v) is 34.1. The Bertz CT molecular complexity index is 2170. The normalized spacial score (nSPS) is 11.8. The predicted octanol–water partition coefficient (Wildman–Crippen LogP) is 7.47. The quantitative estimate of drug-likeness (QED) is 0.0509. The number of para-hydroxylation sites is 2. The van der Waals surface area contributed by atoms with Gasteiger partial charge in [-0.25, -0.2) is 27.9 Å². The van der Waals surface area contributed by atoms with Gasteiger partial charge in [0.15, 0.2) is 11.5 Å². The van der Waals surface area contributed by atoms with E-state index in [-0.39, 0.29) is 41.1 Å². The molecular weight excluding hydrogens is 733 g/mol. The number of nitrogens with zero attached hydrogens (tertiary/aromatic N) is 4.